The monoisotopic (exact) mass is 570 g/mol. The SMILES string of the molecule is Cc1ccc2nc(N3CCCCC3)c(/C=C3/SC(=S)N(CCCCCCCCCCC(=O)O)C3=O)c(=O)n2c1. The van der Waals surface area contributed by atoms with Crippen LogP contribution in [0.25, 0.3) is 11.7 Å². The molecule has 2 aliphatic heterocycles. The average Bonchev–Trinajstić information content (AvgIpc) is 3.19. The number of nitrogens with zero attached hydrogens (tertiary/aromatic N) is 4. The Labute approximate surface area is 239 Å². The first-order valence-electron chi connectivity index (χ1n) is 14.1. The van der Waals surface area contributed by atoms with Crippen molar-refractivity contribution >= 4 is 57.7 Å². The van der Waals surface area contributed by atoms with Gasteiger partial charge in [-0.1, -0.05) is 68.6 Å². The Bertz CT molecular complexity index is 1300. The standard InChI is InChI=1S/C29H38N4O4S2/c1-21-14-15-24-30-26(31-16-10-8-11-17-31)22(27(36)33(24)20-21)19-23-28(37)32(29(38)39-23)18-12-7-5-3-2-4-6-9-13-25(34)35/h14-15,19-20H,2-13,16-18H2,1H3,(H,34,35)/b23-19+. The molecule has 1 amide bonds. The minimum atomic E-state index is -0.723. The van der Waals surface area contributed by atoms with E-state index in [0.717, 1.165) is 82.9 Å². The number of hydrogen-bond acceptors (Lipinski definition) is 7. The Balaban J connectivity index is 1.40. The number of thioether (sulfide) groups is 1. The summed E-state index contributed by atoms with van der Waals surface area (Å²) in [5.74, 6) is -0.210. The lowest BCUT2D eigenvalue weighted by atomic mass is 10.1. The number of piperidine rings is 1. The van der Waals surface area contributed by atoms with Crippen LogP contribution in [0.1, 0.15) is 88.2 Å². The van der Waals surface area contributed by atoms with E-state index in [2.05, 4.69) is 4.90 Å². The van der Waals surface area contributed by atoms with Crippen molar-refractivity contribution < 1.29 is 14.7 Å². The van der Waals surface area contributed by atoms with Crippen molar-refractivity contribution in [3.63, 3.8) is 0 Å². The predicted molar refractivity (Wildman–Crippen MR) is 161 cm³/mol. The molecular weight excluding hydrogens is 532 g/mol. The first-order chi connectivity index (χ1) is 18.8. The van der Waals surface area contributed by atoms with Gasteiger partial charge in [-0.25, -0.2) is 4.98 Å². The lowest BCUT2D eigenvalue weighted by Crippen LogP contribution is -2.33. The molecule has 0 spiro atoms. The molecule has 0 saturated carbocycles. The molecule has 0 aliphatic carbocycles. The van der Waals surface area contributed by atoms with Gasteiger partial charge in [0.25, 0.3) is 11.5 Å². The summed E-state index contributed by atoms with van der Waals surface area (Å²) in [5.41, 5.74) is 1.85. The van der Waals surface area contributed by atoms with Gasteiger partial charge in [-0.15, -0.1) is 0 Å². The molecule has 0 atom stereocenters. The second kappa shape index (κ2) is 14.1. The Hall–Kier alpha value is -2.72. The van der Waals surface area contributed by atoms with Crippen LogP contribution in [0.5, 0.6) is 0 Å². The highest BCUT2D eigenvalue weighted by atomic mass is 32.2. The third kappa shape index (κ3) is 7.69. The number of thiocarbonyl (C=S) groups is 1. The van der Waals surface area contributed by atoms with Crippen molar-refractivity contribution in [1.29, 1.82) is 0 Å². The molecule has 2 aromatic rings. The molecule has 0 unspecified atom stereocenters. The average molecular weight is 571 g/mol. The fourth-order valence-electron chi connectivity index (χ4n) is 5.15. The van der Waals surface area contributed by atoms with Gasteiger partial charge in [-0.05, 0) is 56.7 Å². The molecular formula is C29H38N4O4S2. The van der Waals surface area contributed by atoms with Crippen molar-refractivity contribution in [1.82, 2.24) is 14.3 Å². The minimum Gasteiger partial charge on any atom is -0.481 e. The number of unbranched alkanes of at least 4 members (excludes halogenated alkanes) is 7. The fraction of sp³-hybridized carbons (Fsp3) is 0.552. The summed E-state index contributed by atoms with van der Waals surface area (Å²) in [7, 11) is 0. The first kappa shape index (κ1) is 29.3. The van der Waals surface area contributed by atoms with Crippen molar-refractivity contribution in [2.45, 2.75) is 84.0 Å². The van der Waals surface area contributed by atoms with Crippen LogP contribution in [-0.4, -0.2) is 55.2 Å². The smallest absolute Gasteiger partial charge is 0.303 e. The number of pyridine rings is 1. The number of rotatable bonds is 13. The number of carboxylic acids is 1. The normalized spacial score (nSPS) is 17.1. The summed E-state index contributed by atoms with van der Waals surface area (Å²) in [6, 6.07) is 3.82. The topological polar surface area (TPSA) is 95.2 Å². The summed E-state index contributed by atoms with van der Waals surface area (Å²) < 4.78 is 2.11. The van der Waals surface area contributed by atoms with Crippen molar-refractivity contribution in [3.8, 4) is 0 Å². The molecule has 2 aromatic heterocycles. The van der Waals surface area contributed by atoms with Crippen LogP contribution < -0.4 is 10.5 Å². The quantitative estimate of drug-likeness (QED) is 0.184. The number of carboxylic acid groups (broad SMARTS) is 1. The van der Waals surface area contributed by atoms with Gasteiger partial charge in [-0.2, -0.15) is 0 Å². The van der Waals surface area contributed by atoms with Gasteiger partial charge in [0.1, 0.15) is 15.8 Å². The number of carbonyl (C=O) groups excluding carboxylic acids is 1. The molecule has 4 rings (SSSR count). The van der Waals surface area contributed by atoms with Crippen molar-refractivity contribution in [3.05, 3.63) is 44.7 Å². The van der Waals surface area contributed by atoms with Crippen LogP contribution in [-0.2, 0) is 9.59 Å². The van der Waals surface area contributed by atoms with Crippen LogP contribution in [0.15, 0.2) is 28.0 Å². The maximum absolute atomic E-state index is 13.6. The van der Waals surface area contributed by atoms with Crippen molar-refractivity contribution in [2.24, 2.45) is 0 Å². The van der Waals surface area contributed by atoms with E-state index in [4.69, 9.17) is 22.3 Å². The molecule has 1 N–H and O–H groups in total. The summed E-state index contributed by atoms with van der Waals surface area (Å²) in [6.45, 7) is 4.21. The number of fused-ring (bicyclic) bond motifs is 1. The highest BCUT2D eigenvalue weighted by Gasteiger charge is 2.32. The van der Waals surface area contributed by atoms with E-state index in [1.165, 1.54) is 18.2 Å². The van der Waals surface area contributed by atoms with E-state index in [1.807, 2.05) is 19.1 Å². The van der Waals surface area contributed by atoms with Crippen LogP contribution >= 0.6 is 24.0 Å². The number of aromatic nitrogens is 2. The van der Waals surface area contributed by atoms with Gasteiger partial charge in [0.15, 0.2) is 0 Å². The van der Waals surface area contributed by atoms with Gasteiger partial charge >= 0.3 is 5.97 Å². The largest absolute Gasteiger partial charge is 0.481 e. The van der Waals surface area contributed by atoms with Crippen LogP contribution in [0, 0.1) is 6.92 Å². The number of amides is 1. The summed E-state index contributed by atoms with van der Waals surface area (Å²) in [5, 5.41) is 8.69. The molecule has 39 heavy (non-hydrogen) atoms. The van der Waals surface area contributed by atoms with Gasteiger partial charge in [0.2, 0.25) is 0 Å². The van der Waals surface area contributed by atoms with E-state index in [1.54, 1.807) is 21.6 Å². The summed E-state index contributed by atoms with van der Waals surface area (Å²) in [4.78, 5) is 46.7. The van der Waals surface area contributed by atoms with E-state index in [9.17, 15) is 14.4 Å². The predicted octanol–water partition coefficient (Wildman–Crippen LogP) is 5.79. The second-order valence-electron chi connectivity index (χ2n) is 10.4. The van der Waals surface area contributed by atoms with Gasteiger partial charge in [0, 0.05) is 32.3 Å². The maximum Gasteiger partial charge on any atom is 0.303 e. The molecule has 0 bridgehead atoms. The number of aliphatic carboxylic acids is 1. The highest BCUT2D eigenvalue weighted by Crippen LogP contribution is 2.34. The van der Waals surface area contributed by atoms with Crippen molar-refractivity contribution in [2.75, 3.05) is 24.5 Å². The number of anilines is 1. The minimum absolute atomic E-state index is 0.137. The molecule has 2 fully saturated rings. The fourth-order valence-corrected chi connectivity index (χ4v) is 6.44. The highest BCUT2D eigenvalue weighted by molar-refractivity contribution is 8.26. The summed E-state index contributed by atoms with van der Waals surface area (Å²) in [6.07, 6.45) is 15.0. The third-order valence-corrected chi connectivity index (χ3v) is 8.69. The van der Waals surface area contributed by atoms with Gasteiger partial charge < -0.3 is 10.0 Å². The Kier molecular flexibility index (Phi) is 10.6. The zero-order valence-electron chi connectivity index (χ0n) is 22.7. The number of hydrogen-bond donors (Lipinski definition) is 1. The van der Waals surface area contributed by atoms with E-state index in [-0.39, 0.29) is 17.9 Å². The maximum atomic E-state index is 13.6. The zero-order valence-corrected chi connectivity index (χ0v) is 24.3. The second-order valence-corrected chi connectivity index (χ2v) is 12.1. The Morgan fingerprint density at radius 2 is 1.69 bits per heavy atom. The number of carbonyl (C=O) groups is 2. The van der Waals surface area contributed by atoms with Gasteiger partial charge in [0.05, 0.1) is 10.5 Å². The molecule has 2 saturated heterocycles. The zero-order chi connectivity index (χ0) is 27.8. The lowest BCUT2D eigenvalue weighted by molar-refractivity contribution is -0.137. The molecule has 2 aliphatic rings. The lowest BCUT2D eigenvalue weighted by Gasteiger charge is -2.29. The van der Waals surface area contributed by atoms with Gasteiger partial charge in [-0.3, -0.25) is 23.7 Å². The molecule has 210 valence electrons. The number of aryl methyl sites for hydroxylation is 1. The Morgan fingerprint density at radius 3 is 2.38 bits per heavy atom. The summed E-state index contributed by atoms with van der Waals surface area (Å²) >= 11 is 6.81. The first-order valence-corrected chi connectivity index (χ1v) is 15.3. The molecule has 10 heteroatoms. The van der Waals surface area contributed by atoms with E-state index in [0.29, 0.717) is 32.8 Å². The molecule has 0 radical (unpaired) electrons. The Morgan fingerprint density at radius 1 is 1.03 bits per heavy atom. The molecule has 4 heterocycles. The molecule has 0 aromatic carbocycles. The van der Waals surface area contributed by atoms with E-state index >= 15 is 0 Å². The molecule has 8 nitrogen and oxygen atoms in total. The third-order valence-electron chi connectivity index (χ3n) is 7.31. The van der Waals surface area contributed by atoms with Crippen LogP contribution in [0.2, 0.25) is 0 Å². The van der Waals surface area contributed by atoms with E-state index < -0.39 is 5.97 Å². The van der Waals surface area contributed by atoms with Crippen LogP contribution in [0.4, 0.5) is 5.82 Å². The van der Waals surface area contributed by atoms with Crippen LogP contribution in [0.3, 0.4) is 0 Å².